The molecule has 0 bridgehead atoms. The average Bonchev–Trinajstić information content (AvgIpc) is 3.02. The summed E-state index contributed by atoms with van der Waals surface area (Å²) in [6, 6.07) is 19.5. The van der Waals surface area contributed by atoms with E-state index >= 15 is 0 Å². The molecule has 0 spiro atoms. The number of thioether (sulfide) groups is 1. The van der Waals surface area contributed by atoms with Gasteiger partial charge in [-0.25, -0.2) is 9.13 Å². The minimum atomic E-state index is 0. The SMILES string of the molecule is CCCCCCCCSCn1c[n+](Cc2ccccc2)c2ccccc21.[Cl-]. The molecule has 0 atom stereocenters. The van der Waals surface area contributed by atoms with Crippen molar-refractivity contribution >= 4 is 22.8 Å². The summed E-state index contributed by atoms with van der Waals surface area (Å²) in [6.07, 6.45) is 10.5. The maximum atomic E-state index is 2.40. The molecule has 0 aliphatic rings. The number of benzene rings is 2. The Bertz CT molecular complexity index is 785. The first kappa shape index (κ1) is 21.8. The van der Waals surface area contributed by atoms with E-state index in [2.05, 4.69) is 88.7 Å². The van der Waals surface area contributed by atoms with Crippen molar-refractivity contribution < 1.29 is 17.0 Å². The van der Waals surface area contributed by atoms with Crippen LogP contribution in [-0.4, -0.2) is 10.3 Å². The molecule has 0 fully saturated rings. The maximum absolute atomic E-state index is 2.40. The zero-order valence-electron chi connectivity index (χ0n) is 16.3. The molecule has 3 rings (SSSR count). The Labute approximate surface area is 174 Å². The normalized spacial score (nSPS) is 10.9. The van der Waals surface area contributed by atoms with Crippen molar-refractivity contribution in [2.75, 3.05) is 5.75 Å². The first-order valence-electron chi connectivity index (χ1n) is 9.97. The van der Waals surface area contributed by atoms with Gasteiger partial charge in [0.1, 0.15) is 12.4 Å². The van der Waals surface area contributed by atoms with Gasteiger partial charge < -0.3 is 12.4 Å². The molecule has 146 valence electrons. The third-order valence-electron chi connectivity index (χ3n) is 4.85. The van der Waals surface area contributed by atoms with Crippen LogP contribution in [0.3, 0.4) is 0 Å². The first-order chi connectivity index (χ1) is 12.9. The number of fused-ring (bicyclic) bond motifs is 1. The highest BCUT2D eigenvalue weighted by atomic mass is 35.5. The Hall–Kier alpha value is -1.45. The van der Waals surface area contributed by atoms with Crippen LogP contribution in [0.1, 0.15) is 51.0 Å². The largest absolute Gasteiger partial charge is 1.00 e. The lowest BCUT2D eigenvalue weighted by Gasteiger charge is -2.01. The van der Waals surface area contributed by atoms with E-state index in [0.29, 0.717) is 0 Å². The van der Waals surface area contributed by atoms with Crippen molar-refractivity contribution in [2.24, 2.45) is 0 Å². The van der Waals surface area contributed by atoms with Crippen LogP contribution >= 0.6 is 11.8 Å². The number of unbranched alkanes of at least 4 members (excludes halogenated alkanes) is 5. The van der Waals surface area contributed by atoms with Gasteiger partial charge in [0.25, 0.3) is 0 Å². The molecule has 0 aliphatic heterocycles. The predicted molar refractivity (Wildman–Crippen MR) is 114 cm³/mol. The van der Waals surface area contributed by atoms with E-state index in [1.165, 1.54) is 60.9 Å². The van der Waals surface area contributed by atoms with Gasteiger partial charge in [0, 0.05) is 0 Å². The summed E-state index contributed by atoms with van der Waals surface area (Å²) < 4.78 is 4.77. The first-order valence-corrected chi connectivity index (χ1v) is 11.1. The topological polar surface area (TPSA) is 8.81 Å². The number of imidazole rings is 1. The van der Waals surface area contributed by atoms with Crippen LogP contribution < -0.4 is 17.0 Å². The van der Waals surface area contributed by atoms with Crippen LogP contribution in [0.4, 0.5) is 0 Å². The fourth-order valence-electron chi connectivity index (χ4n) is 3.40. The van der Waals surface area contributed by atoms with E-state index in [9.17, 15) is 0 Å². The lowest BCUT2D eigenvalue weighted by molar-refractivity contribution is -0.663. The molecule has 0 saturated heterocycles. The molecule has 0 N–H and O–H groups in total. The highest BCUT2D eigenvalue weighted by molar-refractivity contribution is 7.98. The summed E-state index contributed by atoms with van der Waals surface area (Å²) in [7, 11) is 0. The van der Waals surface area contributed by atoms with E-state index in [4.69, 9.17) is 0 Å². The van der Waals surface area contributed by atoms with Gasteiger partial charge in [-0.15, -0.1) is 11.8 Å². The molecular weight excluding hydrogens is 372 g/mol. The molecule has 0 saturated carbocycles. The van der Waals surface area contributed by atoms with E-state index in [1.54, 1.807) is 0 Å². The number of hydrogen-bond donors (Lipinski definition) is 0. The third kappa shape index (κ3) is 6.58. The van der Waals surface area contributed by atoms with Crippen molar-refractivity contribution in [3.05, 3.63) is 66.5 Å². The Morgan fingerprint density at radius 3 is 2.37 bits per heavy atom. The molecule has 2 aromatic carbocycles. The van der Waals surface area contributed by atoms with E-state index in [0.717, 1.165) is 12.4 Å². The summed E-state index contributed by atoms with van der Waals surface area (Å²) in [5, 5.41) is 0. The van der Waals surface area contributed by atoms with Crippen LogP contribution in [0.5, 0.6) is 0 Å². The third-order valence-corrected chi connectivity index (χ3v) is 5.89. The van der Waals surface area contributed by atoms with Crippen molar-refractivity contribution in [3.8, 4) is 0 Å². The van der Waals surface area contributed by atoms with Crippen LogP contribution in [0.25, 0.3) is 11.0 Å². The number of halogens is 1. The molecule has 0 amide bonds. The number of para-hydroxylation sites is 2. The Morgan fingerprint density at radius 1 is 0.852 bits per heavy atom. The molecule has 0 radical (unpaired) electrons. The van der Waals surface area contributed by atoms with Gasteiger partial charge in [-0.3, -0.25) is 0 Å². The molecule has 0 aliphatic carbocycles. The molecule has 0 unspecified atom stereocenters. The molecule has 3 aromatic rings. The average molecular weight is 403 g/mol. The summed E-state index contributed by atoms with van der Waals surface area (Å²) >= 11 is 2.05. The van der Waals surface area contributed by atoms with Gasteiger partial charge in [-0.05, 0) is 29.9 Å². The quantitative estimate of drug-likeness (QED) is 0.353. The summed E-state index contributed by atoms with van der Waals surface area (Å²) in [5.74, 6) is 2.30. The molecular formula is C23H31ClN2S. The number of nitrogens with zero attached hydrogens (tertiary/aromatic N) is 2. The molecule has 4 heteroatoms. The summed E-state index contributed by atoms with van der Waals surface area (Å²) in [4.78, 5) is 0. The minimum absolute atomic E-state index is 0. The van der Waals surface area contributed by atoms with Crippen molar-refractivity contribution in [1.29, 1.82) is 0 Å². The van der Waals surface area contributed by atoms with Crippen molar-refractivity contribution in [3.63, 3.8) is 0 Å². The van der Waals surface area contributed by atoms with Crippen LogP contribution in [-0.2, 0) is 12.4 Å². The van der Waals surface area contributed by atoms with E-state index < -0.39 is 0 Å². The fourth-order valence-corrected chi connectivity index (χ4v) is 4.34. The van der Waals surface area contributed by atoms with Crippen LogP contribution in [0, 0.1) is 0 Å². The standard InChI is InChI=1S/C23H31N2S.ClH/c1-2-3-4-5-6-12-17-26-20-25-19-24(18-21-13-8-7-9-14-21)22-15-10-11-16-23(22)25;/h7-11,13-16,19H,2-6,12,17-18,20H2,1H3;1H/q+1;/p-1. The van der Waals surface area contributed by atoms with Gasteiger partial charge in [0.15, 0.2) is 11.0 Å². The van der Waals surface area contributed by atoms with Gasteiger partial charge in [-0.2, -0.15) is 0 Å². The summed E-state index contributed by atoms with van der Waals surface area (Å²) in [5.41, 5.74) is 4.00. The van der Waals surface area contributed by atoms with Crippen molar-refractivity contribution in [2.45, 2.75) is 57.9 Å². The van der Waals surface area contributed by atoms with Gasteiger partial charge in [0.05, 0.1) is 0 Å². The van der Waals surface area contributed by atoms with E-state index in [-0.39, 0.29) is 12.4 Å². The highest BCUT2D eigenvalue weighted by Crippen LogP contribution is 2.17. The lowest BCUT2D eigenvalue weighted by Crippen LogP contribution is -3.00. The zero-order valence-corrected chi connectivity index (χ0v) is 17.9. The zero-order chi connectivity index (χ0) is 18.0. The van der Waals surface area contributed by atoms with Gasteiger partial charge in [-0.1, -0.05) is 81.5 Å². The van der Waals surface area contributed by atoms with Gasteiger partial charge >= 0.3 is 0 Å². The minimum Gasteiger partial charge on any atom is -1.00 e. The maximum Gasteiger partial charge on any atom is 0.245 e. The second-order valence-corrected chi connectivity index (χ2v) is 8.07. The Balaban J connectivity index is 0.00000261. The Kier molecular flexibility index (Phi) is 9.79. The van der Waals surface area contributed by atoms with Crippen molar-refractivity contribution in [1.82, 2.24) is 4.57 Å². The van der Waals surface area contributed by atoms with E-state index in [1.807, 2.05) is 0 Å². The molecule has 27 heavy (non-hydrogen) atoms. The summed E-state index contributed by atoms with van der Waals surface area (Å²) in [6.45, 7) is 3.21. The molecule has 2 nitrogen and oxygen atoms in total. The van der Waals surface area contributed by atoms with Crippen LogP contribution in [0.15, 0.2) is 60.9 Å². The smallest absolute Gasteiger partial charge is 0.245 e. The molecule has 1 aromatic heterocycles. The van der Waals surface area contributed by atoms with Crippen LogP contribution in [0.2, 0.25) is 0 Å². The monoisotopic (exact) mass is 402 g/mol. The molecule has 1 heterocycles. The highest BCUT2D eigenvalue weighted by Gasteiger charge is 2.15. The Morgan fingerprint density at radius 2 is 1.56 bits per heavy atom. The number of rotatable bonds is 11. The second-order valence-electron chi connectivity index (χ2n) is 6.99. The number of aromatic nitrogens is 2. The van der Waals surface area contributed by atoms with Gasteiger partial charge in [0.2, 0.25) is 6.33 Å². The predicted octanol–water partition coefficient (Wildman–Crippen LogP) is 3.03. The second kappa shape index (κ2) is 12.1. The fraction of sp³-hybridized carbons (Fsp3) is 0.435. The number of hydrogen-bond acceptors (Lipinski definition) is 1. The lowest BCUT2D eigenvalue weighted by atomic mass is 10.1.